The molecule has 0 saturated heterocycles. The van der Waals surface area contributed by atoms with Crippen LogP contribution >= 0.6 is 12.4 Å². The largest absolute Gasteiger partial charge is 0.505 e. The van der Waals surface area contributed by atoms with Gasteiger partial charge in [-0.25, -0.2) is 0 Å². The summed E-state index contributed by atoms with van der Waals surface area (Å²) in [5.41, 5.74) is 7.17. The van der Waals surface area contributed by atoms with Crippen LogP contribution < -0.4 is 5.73 Å². The normalized spacial score (nSPS) is 10.8. The molecule has 0 amide bonds. The minimum atomic E-state index is -0.0974. The van der Waals surface area contributed by atoms with E-state index in [1.165, 1.54) is 0 Å². The molecule has 0 atom stereocenters. The van der Waals surface area contributed by atoms with Gasteiger partial charge >= 0.3 is 0 Å². The van der Waals surface area contributed by atoms with Gasteiger partial charge in [-0.15, -0.1) is 12.4 Å². The van der Waals surface area contributed by atoms with Gasteiger partial charge in [0.15, 0.2) is 5.78 Å². The molecule has 17 heavy (non-hydrogen) atoms. The van der Waals surface area contributed by atoms with Gasteiger partial charge in [0.2, 0.25) is 0 Å². The topological polar surface area (TPSA) is 63.3 Å². The summed E-state index contributed by atoms with van der Waals surface area (Å²) in [4.78, 5) is 11.7. The van der Waals surface area contributed by atoms with Gasteiger partial charge in [-0.2, -0.15) is 0 Å². The van der Waals surface area contributed by atoms with Crippen LogP contribution in [0.5, 0.6) is 5.75 Å². The minimum Gasteiger partial charge on any atom is -0.505 e. The Labute approximate surface area is 108 Å². The Morgan fingerprint density at radius 1 is 1.35 bits per heavy atom. The lowest BCUT2D eigenvalue weighted by atomic mass is 9.85. The lowest BCUT2D eigenvalue weighted by Crippen LogP contribution is -2.13. The number of ketones is 1. The molecule has 0 heterocycles. The molecule has 0 radical (unpaired) electrons. The number of anilines is 1. The number of rotatable bonds is 2. The highest BCUT2D eigenvalue weighted by Gasteiger charge is 2.20. The number of benzene rings is 1. The minimum absolute atomic E-state index is 0. The van der Waals surface area contributed by atoms with Crippen molar-refractivity contribution < 1.29 is 9.90 Å². The number of carbonyl (C=O) groups is 1. The molecule has 0 aliphatic carbocycles. The maximum absolute atomic E-state index is 11.7. The molecule has 0 bridgehead atoms. The summed E-state index contributed by atoms with van der Waals surface area (Å²) in [6.45, 7) is 7.89. The molecular formula is C13H20ClNO2. The first-order chi connectivity index (χ1) is 7.27. The molecule has 0 aliphatic heterocycles. The van der Waals surface area contributed by atoms with Crippen molar-refractivity contribution in [3.05, 3.63) is 23.3 Å². The Balaban J connectivity index is 0.00000256. The molecule has 0 spiro atoms. The van der Waals surface area contributed by atoms with Crippen molar-refractivity contribution in [1.82, 2.24) is 0 Å². The molecule has 1 aromatic rings. The van der Waals surface area contributed by atoms with Crippen LogP contribution in [0.4, 0.5) is 5.69 Å². The number of halogens is 1. The van der Waals surface area contributed by atoms with E-state index in [4.69, 9.17) is 5.73 Å². The Morgan fingerprint density at radius 3 is 2.29 bits per heavy atom. The van der Waals surface area contributed by atoms with Gasteiger partial charge in [-0.05, 0) is 23.1 Å². The van der Waals surface area contributed by atoms with E-state index in [1.54, 1.807) is 19.1 Å². The summed E-state index contributed by atoms with van der Waals surface area (Å²) < 4.78 is 0. The number of carbonyl (C=O) groups excluding carboxylic acids is 1. The van der Waals surface area contributed by atoms with Crippen molar-refractivity contribution in [2.75, 3.05) is 5.73 Å². The molecule has 1 rings (SSSR count). The molecule has 3 nitrogen and oxygen atoms in total. The van der Waals surface area contributed by atoms with Crippen molar-refractivity contribution in [3.63, 3.8) is 0 Å². The fraction of sp³-hybridized carbons (Fsp3) is 0.462. The van der Waals surface area contributed by atoms with Crippen LogP contribution in [0, 0.1) is 0 Å². The molecule has 1 aromatic carbocycles. The zero-order valence-corrected chi connectivity index (χ0v) is 11.5. The van der Waals surface area contributed by atoms with E-state index in [1.807, 2.05) is 20.8 Å². The van der Waals surface area contributed by atoms with E-state index in [0.717, 1.165) is 5.56 Å². The third-order valence-electron chi connectivity index (χ3n) is 2.63. The summed E-state index contributed by atoms with van der Waals surface area (Å²) in [6.07, 6.45) is 0.362. The molecule has 0 aliphatic rings. The first-order valence-electron chi connectivity index (χ1n) is 5.43. The summed E-state index contributed by atoms with van der Waals surface area (Å²) in [5.74, 6) is -0.185. The van der Waals surface area contributed by atoms with Crippen LogP contribution in [0.3, 0.4) is 0 Å². The SMILES string of the molecule is CCC(=O)c1cc(C(C)(C)C)cc(N)c1O.Cl. The second-order valence-electron chi connectivity index (χ2n) is 4.99. The number of nitrogen functional groups attached to an aromatic ring is 1. The Hall–Kier alpha value is -1.22. The van der Waals surface area contributed by atoms with Gasteiger partial charge in [0.05, 0.1) is 11.3 Å². The predicted molar refractivity (Wildman–Crippen MR) is 73.1 cm³/mol. The van der Waals surface area contributed by atoms with Gasteiger partial charge in [0.1, 0.15) is 5.75 Å². The van der Waals surface area contributed by atoms with Crippen molar-refractivity contribution in [2.45, 2.75) is 39.5 Å². The third-order valence-corrected chi connectivity index (χ3v) is 2.63. The van der Waals surface area contributed by atoms with Crippen LogP contribution in [0.15, 0.2) is 12.1 Å². The van der Waals surface area contributed by atoms with Crippen LogP contribution in [-0.4, -0.2) is 10.9 Å². The maximum Gasteiger partial charge on any atom is 0.166 e. The fourth-order valence-corrected chi connectivity index (χ4v) is 1.49. The van der Waals surface area contributed by atoms with Crippen molar-refractivity contribution in [3.8, 4) is 5.75 Å². The number of phenolic OH excluding ortho intramolecular Hbond substituents is 1. The van der Waals surface area contributed by atoms with Crippen LogP contribution in [0.2, 0.25) is 0 Å². The number of hydrogen-bond acceptors (Lipinski definition) is 3. The zero-order chi connectivity index (χ0) is 12.5. The molecule has 0 saturated carbocycles. The van der Waals surface area contributed by atoms with Gasteiger partial charge in [0.25, 0.3) is 0 Å². The average molecular weight is 258 g/mol. The summed E-state index contributed by atoms with van der Waals surface area (Å²) in [7, 11) is 0. The number of phenols is 1. The molecule has 3 N–H and O–H groups in total. The van der Waals surface area contributed by atoms with Crippen LogP contribution in [-0.2, 0) is 5.41 Å². The van der Waals surface area contributed by atoms with Gasteiger partial charge in [-0.1, -0.05) is 27.7 Å². The Kier molecular flexibility index (Phi) is 5.02. The Bertz CT molecular complexity index is 422. The second kappa shape index (κ2) is 5.41. The van der Waals surface area contributed by atoms with E-state index in [0.29, 0.717) is 12.0 Å². The van der Waals surface area contributed by atoms with Crippen molar-refractivity contribution in [1.29, 1.82) is 0 Å². The van der Waals surface area contributed by atoms with E-state index in [9.17, 15) is 9.90 Å². The smallest absolute Gasteiger partial charge is 0.166 e. The first-order valence-corrected chi connectivity index (χ1v) is 5.43. The van der Waals surface area contributed by atoms with Crippen LogP contribution in [0.25, 0.3) is 0 Å². The number of Topliss-reactive ketones (excluding diaryl/α,β-unsaturated/α-hetero) is 1. The molecule has 0 fully saturated rings. The average Bonchev–Trinajstić information content (AvgIpc) is 2.19. The number of nitrogens with two attached hydrogens (primary N) is 1. The van der Waals surface area contributed by atoms with Gasteiger partial charge < -0.3 is 10.8 Å². The highest BCUT2D eigenvalue weighted by atomic mass is 35.5. The number of aromatic hydroxyl groups is 1. The van der Waals surface area contributed by atoms with Crippen molar-refractivity contribution >= 4 is 23.9 Å². The molecule has 0 unspecified atom stereocenters. The Morgan fingerprint density at radius 2 is 1.88 bits per heavy atom. The highest BCUT2D eigenvalue weighted by Crippen LogP contribution is 2.33. The monoisotopic (exact) mass is 257 g/mol. The summed E-state index contributed by atoms with van der Waals surface area (Å²) in [5, 5.41) is 9.74. The zero-order valence-electron chi connectivity index (χ0n) is 10.7. The lowest BCUT2D eigenvalue weighted by Gasteiger charge is -2.21. The van der Waals surface area contributed by atoms with E-state index >= 15 is 0 Å². The predicted octanol–water partition coefficient (Wildman–Crippen LogP) is 3.29. The summed E-state index contributed by atoms with van der Waals surface area (Å²) in [6, 6.07) is 3.46. The summed E-state index contributed by atoms with van der Waals surface area (Å²) >= 11 is 0. The standard InChI is InChI=1S/C13H19NO2.ClH/c1-5-11(15)9-6-8(13(2,3)4)7-10(14)12(9)16;/h6-7,16H,5,14H2,1-4H3;1H. The lowest BCUT2D eigenvalue weighted by molar-refractivity contribution is 0.0985. The van der Waals surface area contributed by atoms with Gasteiger partial charge in [-0.3, -0.25) is 4.79 Å². The maximum atomic E-state index is 11.7. The van der Waals surface area contributed by atoms with E-state index in [-0.39, 0.29) is 35.0 Å². The molecule has 96 valence electrons. The molecule has 4 heteroatoms. The van der Waals surface area contributed by atoms with Gasteiger partial charge in [0, 0.05) is 6.42 Å². The molecular weight excluding hydrogens is 238 g/mol. The fourth-order valence-electron chi connectivity index (χ4n) is 1.49. The highest BCUT2D eigenvalue weighted by molar-refractivity contribution is 6.00. The molecule has 0 aromatic heterocycles. The van der Waals surface area contributed by atoms with E-state index in [2.05, 4.69) is 0 Å². The van der Waals surface area contributed by atoms with E-state index < -0.39 is 0 Å². The van der Waals surface area contributed by atoms with Crippen LogP contribution in [0.1, 0.15) is 50.0 Å². The number of hydrogen-bond donors (Lipinski definition) is 2. The quantitative estimate of drug-likeness (QED) is 0.485. The first kappa shape index (κ1) is 15.8. The second-order valence-corrected chi connectivity index (χ2v) is 4.99. The van der Waals surface area contributed by atoms with Crippen molar-refractivity contribution in [2.24, 2.45) is 0 Å². The third kappa shape index (κ3) is 3.37.